The number of hydrogen-bond donors (Lipinski definition) is 1. The Morgan fingerprint density at radius 3 is 2.42 bits per heavy atom. The summed E-state index contributed by atoms with van der Waals surface area (Å²) in [6.07, 6.45) is 0.533. The molecule has 24 heavy (non-hydrogen) atoms. The van der Waals surface area contributed by atoms with Gasteiger partial charge in [0.2, 0.25) is 0 Å². The lowest BCUT2D eigenvalue weighted by atomic mass is 10.0. The number of aryl methyl sites for hydroxylation is 1. The number of nitrogens with zero attached hydrogens (tertiary/aromatic N) is 1. The van der Waals surface area contributed by atoms with E-state index >= 15 is 0 Å². The first-order valence-corrected chi connectivity index (χ1v) is 9.50. The number of H-pyrrole nitrogens is 1. The van der Waals surface area contributed by atoms with E-state index < -0.39 is 10.0 Å². The third-order valence-electron chi connectivity index (χ3n) is 4.14. The summed E-state index contributed by atoms with van der Waals surface area (Å²) >= 11 is 6.21. The first-order valence-electron chi connectivity index (χ1n) is 7.72. The second-order valence-electron chi connectivity index (χ2n) is 5.89. The molecule has 0 spiro atoms. The Morgan fingerprint density at radius 1 is 1.08 bits per heavy atom. The molecule has 1 heterocycles. The third kappa shape index (κ3) is 3.07. The van der Waals surface area contributed by atoms with E-state index in [-0.39, 0.29) is 10.9 Å². The molecule has 0 saturated heterocycles. The van der Waals surface area contributed by atoms with Crippen LogP contribution in [0.3, 0.4) is 0 Å². The minimum Gasteiger partial charge on any atom is -0.358 e. The number of hydrogen-bond acceptors (Lipinski definition) is 2. The van der Waals surface area contributed by atoms with Crippen molar-refractivity contribution in [2.45, 2.75) is 31.2 Å². The molecule has 2 aromatic carbocycles. The van der Waals surface area contributed by atoms with Crippen molar-refractivity contribution in [3.8, 4) is 0 Å². The highest BCUT2D eigenvalue weighted by Crippen LogP contribution is 2.27. The summed E-state index contributed by atoms with van der Waals surface area (Å²) in [5.74, 6) is 0. The van der Waals surface area contributed by atoms with Crippen LogP contribution in [0.4, 0.5) is 0 Å². The van der Waals surface area contributed by atoms with E-state index in [2.05, 4.69) is 4.98 Å². The van der Waals surface area contributed by atoms with Gasteiger partial charge in [-0.05, 0) is 55.8 Å². The molecule has 0 bridgehead atoms. The lowest BCUT2D eigenvalue weighted by molar-refractivity contribution is 0.469. The normalized spacial score (nSPS) is 13.5. The number of sulfonamides is 1. The van der Waals surface area contributed by atoms with Crippen LogP contribution in [-0.4, -0.2) is 23.3 Å². The number of para-hydroxylation sites is 1. The molecule has 1 unspecified atom stereocenters. The highest BCUT2D eigenvalue weighted by atomic mass is 35.5. The van der Waals surface area contributed by atoms with E-state index in [9.17, 15) is 8.42 Å². The Balaban J connectivity index is 1.89. The number of benzene rings is 2. The van der Waals surface area contributed by atoms with Crippen molar-refractivity contribution in [1.82, 2.24) is 8.81 Å². The summed E-state index contributed by atoms with van der Waals surface area (Å²) in [5.41, 5.74) is 3.17. The fraction of sp³-hybridized carbons (Fsp3) is 0.222. The van der Waals surface area contributed by atoms with Crippen LogP contribution in [0.2, 0.25) is 0 Å². The number of halogens is 1. The largest absolute Gasteiger partial charge is 0.358 e. The summed E-state index contributed by atoms with van der Waals surface area (Å²) in [6.45, 7) is 3.81. The van der Waals surface area contributed by atoms with Gasteiger partial charge < -0.3 is 4.98 Å². The van der Waals surface area contributed by atoms with E-state index in [1.807, 2.05) is 38.1 Å². The van der Waals surface area contributed by atoms with Gasteiger partial charge in [-0.2, -0.15) is 0 Å². The van der Waals surface area contributed by atoms with Crippen LogP contribution in [0, 0.1) is 6.92 Å². The van der Waals surface area contributed by atoms with Gasteiger partial charge in [0.15, 0.2) is 0 Å². The molecule has 4 nitrogen and oxygen atoms in total. The maximum Gasteiger partial charge on any atom is 0.256 e. The van der Waals surface area contributed by atoms with Gasteiger partial charge in [0, 0.05) is 22.6 Å². The molecular formula is C18H19ClN2O2S. The van der Waals surface area contributed by atoms with Gasteiger partial charge >= 0.3 is 0 Å². The predicted octanol–water partition coefficient (Wildman–Crippen LogP) is 4.25. The summed E-state index contributed by atoms with van der Waals surface area (Å²) in [7, 11) is -3.72. The van der Waals surface area contributed by atoms with Crippen LogP contribution < -0.4 is 0 Å². The molecule has 0 aliphatic heterocycles. The van der Waals surface area contributed by atoms with Crippen LogP contribution in [0.25, 0.3) is 10.9 Å². The molecule has 0 saturated carbocycles. The Morgan fingerprint density at radius 2 is 1.71 bits per heavy atom. The van der Waals surface area contributed by atoms with E-state index in [0.717, 1.165) is 26.0 Å². The molecule has 1 N–H and O–H groups in total. The highest BCUT2D eigenvalue weighted by Gasteiger charge is 2.28. The number of rotatable bonds is 5. The molecular weight excluding hydrogens is 344 g/mol. The van der Waals surface area contributed by atoms with Gasteiger partial charge in [-0.1, -0.05) is 36.4 Å². The number of nitrogens with one attached hydrogen (secondary N) is 1. The summed E-state index contributed by atoms with van der Waals surface area (Å²) < 4.78 is 26.2. The zero-order valence-corrected chi connectivity index (χ0v) is 15.1. The number of fused-ring (bicyclic) bond motifs is 1. The zero-order valence-electron chi connectivity index (χ0n) is 13.5. The molecule has 3 rings (SSSR count). The van der Waals surface area contributed by atoms with Gasteiger partial charge in [-0.25, -0.2) is 8.42 Å². The van der Waals surface area contributed by atoms with Crippen molar-refractivity contribution in [2.75, 3.05) is 0 Å². The Kier molecular flexibility index (Phi) is 4.67. The summed E-state index contributed by atoms with van der Waals surface area (Å²) in [6, 6.07) is 15.9. The van der Waals surface area contributed by atoms with Gasteiger partial charge in [0.1, 0.15) is 0 Å². The molecule has 0 amide bonds. The number of aromatic amines is 1. The van der Waals surface area contributed by atoms with Crippen molar-refractivity contribution in [3.05, 3.63) is 65.9 Å². The Labute approximate surface area is 147 Å². The van der Waals surface area contributed by atoms with E-state index in [1.54, 1.807) is 30.3 Å². The van der Waals surface area contributed by atoms with Crippen molar-refractivity contribution >= 4 is 32.7 Å². The second-order valence-corrected chi connectivity index (χ2v) is 8.27. The van der Waals surface area contributed by atoms with Crippen LogP contribution in [0.15, 0.2) is 59.5 Å². The lowest BCUT2D eigenvalue weighted by Gasteiger charge is -2.21. The maximum atomic E-state index is 12.6. The predicted molar refractivity (Wildman–Crippen MR) is 97.5 cm³/mol. The van der Waals surface area contributed by atoms with Gasteiger partial charge in [-0.3, -0.25) is 0 Å². The van der Waals surface area contributed by atoms with Crippen molar-refractivity contribution in [2.24, 2.45) is 0 Å². The maximum absolute atomic E-state index is 12.6. The minimum atomic E-state index is -3.72. The Bertz CT molecular complexity index is 952. The first kappa shape index (κ1) is 17.0. The van der Waals surface area contributed by atoms with Gasteiger partial charge in [0.25, 0.3) is 10.0 Å². The fourth-order valence-corrected chi connectivity index (χ4v) is 4.45. The minimum absolute atomic E-state index is 0.197. The molecule has 0 aliphatic rings. The lowest BCUT2D eigenvalue weighted by Crippen LogP contribution is -2.32. The first-order chi connectivity index (χ1) is 11.4. The van der Waals surface area contributed by atoms with Crippen molar-refractivity contribution in [1.29, 1.82) is 0 Å². The van der Waals surface area contributed by atoms with Gasteiger partial charge in [0.05, 0.1) is 4.90 Å². The second kappa shape index (κ2) is 6.59. The monoisotopic (exact) mass is 362 g/mol. The molecule has 0 aliphatic carbocycles. The summed E-state index contributed by atoms with van der Waals surface area (Å²) in [4.78, 5) is 3.53. The molecule has 6 heteroatoms. The van der Waals surface area contributed by atoms with Crippen LogP contribution >= 0.6 is 11.8 Å². The SMILES string of the molecule is Cc1[nH]c2ccccc2c1CC(C)N(Cl)S(=O)(=O)c1ccccc1. The summed E-state index contributed by atoms with van der Waals surface area (Å²) in [5, 5.41) is 1.10. The van der Waals surface area contributed by atoms with E-state index in [0.29, 0.717) is 6.42 Å². The third-order valence-corrected chi connectivity index (χ3v) is 6.71. The topological polar surface area (TPSA) is 53.2 Å². The van der Waals surface area contributed by atoms with Crippen LogP contribution in [0.1, 0.15) is 18.2 Å². The fourth-order valence-electron chi connectivity index (χ4n) is 2.90. The molecule has 3 aromatic rings. The Hall–Kier alpha value is -1.82. The molecule has 0 radical (unpaired) electrons. The van der Waals surface area contributed by atoms with Crippen molar-refractivity contribution < 1.29 is 8.42 Å². The zero-order chi connectivity index (χ0) is 17.3. The van der Waals surface area contributed by atoms with E-state index in [4.69, 9.17) is 11.8 Å². The van der Waals surface area contributed by atoms with Crippen LogP contribution in [0.5, 0.6) is 0 Å². The molecule has 1 aromatic heterocycles. The van der Waals surface area contributed by atoms with E-state index in [1.165, 1.54) is 0 Å². The highest BCUT2D eigenvalue weighted by molar-refractivity contribution is 7.90. The molecule has 126 valence electrons. The molecule has 1 atom stereocenters. The average Bonchev–Trinajstić information content (AvgIpc) is 2.90. The quantitative estimate of drug-likeness (QED) is 0.690. The number of aromatic nitrogens is 1. The van der Waals surface area contributed by atoms with Gasteiger partial charge in [-0.15, -0.1) is 3.82 Å². The standard InChI is InChI=1S/C18H19ClN2O2S/c1-13(21(19)24(22,23)15-8-4-3-5-9-15)12-17-14(2)20-18-11-7-6-10-16(17)18/h3-11,13,20H,12H2,1-2H3. The van der Waals surface area contributed by atoms with Crippen LogP contribution in [-0.2, 0) is 16.4 Å². The molecule has 0 fully saturated rings. The smallest absolute Gasteiger partial charge is 0.256 e. The average molecular weight is 363 g/mol. The van der Waals surface area contributed by atoms with Crippen molar-refractivity contribution in [3.63, 3.8) is 0 Å².